The van der Waals surface area contributed by atoms with Gasteiger partial charge in [0.1, 0.15) is 0 Å². The van der Waals surface area contributed by atoms with Crippen molar-refractivity contribution in [3.63, 3.8) is 0 Å². The van der Waals surface area contributed by atoms with E-state index in [1.165, 1.54) is 59.8 Å². The Morgan fingerprint density at radius 1 is 0.295 bits per heavy atom. The molecule has 0 aliphatic heterocycles. The molecule has 10 aromatic carbocycles. The molecular formula is C66H44BBrN6O4. The average molecular weight is 1080 g/mol. The van der Waals surface area contributed by atoms with Crippen LogP contribution in [0.25, 0.3) is 122 Å². The Hall–Kier alpha value is -9.72. The third-order valence-corrected chi connectivity index (χ3v) is 14.3. The van der Waals surface area contributed by atoms with Gasteiger partial charge in [-0.3, -0.25) is 9.97 Å². The molecule has 0 aliphatic rings. The van der Waals surface area contributed by atoms with Gasteiger partial charge in [-0.1, -0.05) is 170 Å². The van der Waals surface area contributed by atoms with Crippen LogP contribution >= 0.6 is 15.9 Å². The summed E-state index contributed by atoms with van der Waals surface area (Å²) < 4.78 is 12.7. The minimum absolute atomic E-state index is 0.392. The number of fused-ring (bicyclic) bond motifs is 4. The van der Waals surface area contributed by atoms with Gasteiger partial charge in [-0.15, -0.1) is 20.4 Å². The molecular weight excluding hydrogens is 1030 g/mol. The van der Waals surface area contributed by atoms with Crippen LogP contribution in [0.1, 0.15) is 0 Å². The van der Waals surface area contributed by atoms with Crippen molar-refractivity contribution in [3.05, 3.63) is 260 Å². The van der Waals surface area contributed by atoms with Gasteiger partial charge < -0.3 is 18.9 Å². The van der Waals surface area contributed by atoms with Crippen molar-refractivity contribution in [2.45, 2.75) is 0 Å². The molecule has 14 aromatic rings. The number of aromatic nitrogens is 6. The van der Waals surface area contributed by atoms with Crippen LogP contribution in [0.15, 0.2) is 269 Å². The molecule has 0 spiro atoms. The van der Waals surface area contributed by atoms with Crippen molar-refractivity contribution in [2.24, 2.45) is 0 Å². The first-order valence-electron chi connectivity index (χ1n) is 25.1. The monoisotopic (exact) mass is 1070 g/mol. The lowest BCUT2D eigenvalue weighted by atomic mass is 9.80. The Balaban J connectivity index is 0.000000127. The summed E-state index contributed by atoms with van der Waals surface area (Å²) >= 11 is 3.77. The molecule has 0 unspecified atom stereocenters. The molecule has 4 aromatic heterocycles. The maximum Gasteiger partial charge on any atom is 0.488 e. The summed E-state index contributed by atoms with van der Waals surface area (Å²) in [5.74, 6) is 1.87. The Labute approximate surface area is 457 Å². The quantitative estimate of drug-likeness (QED) is 0.111. The van der Waals surface area contributed by atoms with Crippen LogP contribution < -0.4 is 5.46 Å². The molecule has 10 nitrogen and oxygen atoms in total. The molecule has 12 heteroatoms. The number of hydrogen-bond acceptors (Lipinski definition) is 10. The largest absolute Gasteiger partial charge is 0.488 e. The average Bonchev–Trinajstić information content (AvgIpc) is 4.31. The second kappa shape index (κ2) is 22.2. The molecule has 0 aliphatic carbocycles. The molecule has 2 N–H and O–H groups in total. The topological polar surface area (TPSA) is 144 Å². The van der Waals surface area contributed by atoms with E-state index in [1.807, 2.05) is 97.6 Å². The fourth-order valence-electron chi connectivity index (χ4n) is 9.81. The lowest BCUT2D eigenvalue weighted by molar-refractivity contribution is 0.426. The zero-order valence-electron chi connectivity index (χ0n) is 41.6. The van der Waals surface area contributed by atoms with Gasteiger partial charge in [0.25, 0.3) is 0 Å². The highest BCUT2D eigenvalue weighted by atomic mass is 79.9. The van der Waals surface area contributed by atoms with E-state index >= 15 is 0 Å². The van der Waals surface area contributed by atoms with Gasteiger partial charge in [-0.25, -0.2) is 0 Å². The van der Waals surface area contributed by atoms with E-state index in [1.54, 1.807) is 24.3 Å². The Morgan fingerprint density at radius 3 is 0.923 bits per heavy atom. The molecule has 0 bridgehead atoms. The predicted octanol–water partition coefficient (Wildman–Crippen LogP) is 15.3. The van der Waals surface area contributed by atoms with Crippen LogP contribution in [0, 0.1) is 0 Å². The van der Waals surface area contributed by atoms with E-state index < -0.39 is 7.12 Å². The molecule has 372 valence electrons. The van der Waals surface area contributed by atoms with Gasteiger partial charge >= 0.3 is 7.12 Å². The molecule has 0 saturated heterocycles. The second-order valence-electron chi connectivity index (χ2n) is 18.2. The number of pyridine rings is 2. The van der Waals surface area contributed by atoms with E-state index in [9.17, 15) is 0 Å². The van der Waals surface area contributed by atoms with Crippen molar-refractivity contribution in [2.75, 3.05) is 0 Å². The molecule has 78 heavy (non-hydrogen) atoms. The Morgan fingerprint density at radius 2 is 0.577 bits per heavy atom. The highest BCUT2D eigenvalue weighted by Crippen LogP contribution is 2.44. The van der Waals surface area contributed by atoms with Crippen molar-refractivity contribution in [1.82, 2.24) is 30.4 Å². The molecule has 0 fully saturated rings. The third-order valence-electron chi connectivity index (χ3n) is 13.5. The molecule has 0 amide bonds. The van der Waals surface area contributed by atoms with Crippen molar-refractivity contribution in [1.29, 1.82) is 0 Å². The summed E-state index contributed by atoms with van der Waals surface area (Å²) in [7, 11) is -1.48. The van der Waals surface area contributed by atoms with Crippen LogP contribution in [0.2, 0.25) is 0 Å². The highest BCUT2D eigenvalue weighted by Gasteiger charge is 2.19. The first-order chi connectivity index (χ1) is 38.5. The number of nitrogens with zero attached hydrogens (tertiary/aromatic N) is 6. The molecule has 0 atom stereocenters. The smallest absolute Gasteiger partial charge is 0.423 e. The standard InChI is InChI=1S/C33H21N3O.C19H12BrN.C14H11BN2O3/c1-2-9-23(10-3-1)32-35-36-33(37-32)24-18-16-22(17-19-24)30-26-12-4-6-14-28(26)31(25-11-8-20-34-21-25)29-15-7-5-13-27(29)30;20-19-16-9-3-1-7-14(16)18(13-6-5-11-21-12-13)15-8-2-4-10-17(15)19;18-15(19)12-8-6-11(7-9-12)14-17-16-13(20-14)10-4-2-1-3-5-10/h1-21H;1-12H;1-9,18-19H. The highest BCUT2D eigenvalue weighted by molar-refractivity contribution is 9.10. The maximum atomic E-state index is 9.04. The summed E-state index contributed by atoms with van der Waals surface area (Å²) in [6.45, 7) is 0. The summed E-state index contributed by atoms with van der Waals surface area (Å²) in [4.78, 5) is 8.68. The van der Waals surface area contributed by atoms with Crippen LogP contribution in [0.3, 0.4) is 0 Å². The van der Waals surface area contributed by atoms with Crippen LogP contribution in [-0.4, -0.2) is 47.5 Å². The normalized spacial score (nSPS) is 11.0. The molecule has 0 saturated carbocycles. The first kappa shape index (κ1) is 49.2. The van der Waals surface area contributed by atoms with Gasteiger partial charge in [0.2, 0.25) is 23.6 Å². The van der Waals surface area contributed by atoms with Crippen molar-refractivity contribution in [3.8, 4) is 79.2 Å². The summed E-state index contributed by atoms with van der Waals surface area (Å²) in [6.07, 6.45) is 7.50. The summed E-state index contributed by atoms with van der Waals surface area (Å²) in [6, 6.07) is 76.8. The van der Waals surface area contributed by atoms with Gasteiger partial charge in [0.05, 0.1) is 0 Å². The zero-order chi connectivity index (χ0) is 52.8. The van der Waals surface area contributed by atoms with Crippen LogP contribution in [0.5, 0.6) is 0 Å². The number of benzene rings is 10. The van der Waals surface area contributed by atoms with Crippen LogP contribution in [-0.2, 0) is 0 Å². The zero-order valence-corrected chi connectivity index (χ0v) is 43.2. The number of hydrogen-bond donors (Lipinski definition) is 2. The Bertz CT molecular complexity index is 4240. The number of halogens is 1. The third kappa shape index (κ3) is 9.98. The maximum absolute atomic E-state index is 9.04. The second-order valence-corrected chi connectivity index (χ2v) is 19.0. The van der Waals surface area contributed by atoms with Gasteiger partial charge in [0.15, 0.2) is 0 Å². The van der Waals surface area contributed by atoms with Gasteiger partial charge in [0, 0.05) is 62.6 Å². The lowest BCUT2D eigenvalue weighted by Gasteiger charge is -2.17. The summed E-state index contributed by atoms with van der Waals surface area (Å²) in [5.41, 5.74) is 10.9. The van der Waals surface area contributed by atoms with E-state index in [2.05, 4.69) is 180 Å². The minimum Gasteiger partial charge on any atom is -0.423 e. The van der Waals surface area contributed by atoms with E-state index in [-0.39, 0.29) is 0 Å². The van der Waals surface area contributed by atoms with Crippen molar-refractivity contribution < 1.29 is 18.9 Å². The fraction of sp³-hybridized carbons (Fsp3) is 0. The minimum atomic E-state index is -1.48. The summed E-state index contributed by atoms with van der Waals surface area (Å²) in [5, 5.41) is 44.4. The van der Waals surface area contributed by atoms with Gasteiger partial charge in [-0.05, 0) is 147 Å². The molecule has 14 rings (SSSR count). The van der Waals surface area contributed by atoms with Crippen molar-refractivity contribution >= 4 is 71.6 Å². The number of rotatable bonds is 8. The predicted molar refractivity (Wildman–Crippen MR) is 316 cm³/mol. The van der Waals surface area contributed by atoms with Gasteiger partial charge in [-0.2, -0.15) is 0 Å². The molecule has 4 heterocycles. The first-order valence-corrected chi connectivity index (χ1v) is 25.9. The molecule has 0 radical (unpaired) electrons. The fourth-order valence-corrected chi connectivity index (χ4v) is 10.5. The Kier molecular flexibility index (Phi) is 14.0. The lowest BCUT2D eigenvalue weighted by Crippen LogP contribution is -2.29. The van der Waals surface area contributed by atoms with E-state index in [0.717, 1.165) is 43.4 Å². The SMILES string of the molecule is Brc1c2ccccc2c(-c2cccnc2)c2ccccc12.OB(O)c1ccc(-c2nnc(-c3ccccc3)o2)cc1.c1ccc(-c2nnc(-c3ccc(-c4c5ccccc5c(-c5cccnc5)c5ccccc45)cc3)o2)cc1. The van der Waals surface area contributed by atoms with Crippen LogP contribution in [0.4, 0.5) is 0 Å². The van der Waals surface area contributed by atoms with E-state index in [0.29, 0.717) is 29.0 Å². The van der Waals surface area contributed by atoms with E-state index in [4.69, 9.17) is 18.9 Å².